The topological polar surface area (TPSA) is 16.3 Å². The molecule has 0 aliphatic carbocycles. The van der Waals surface area contributed by atoms with E-state index in [1.165, 1.54) is 5.56 Å². The molecule has 0 unspecified atom stereocenters. The molecule has 0 N–H and O–H groups in total. The molecule has 0 fully saturated rings. The van der Waals surface area contributed by atoms with Crippen molar-refractivity contribution in [2.75, 3.05) is 9.80 Å². The number of anilines is 5. The number of fused-ring (bicyclic) bond motifs is 10. The van der Waals surface area contributed by atoms with E-state index >= 15 is 0 Å². The van der Waals surface area contributed by atoms with Gasteiger partial charge in [-0.2, -0.15) is 0 Å². The molecule has 0 atom stereocenters. The standard InChI is InChI=1S/C107H109BN4/c1-101(2,3)75-37-29-35-71(56-75)74-53-67(52-73(55-74)69-32-26-23-27-33-69)66-109-96-64-82(110-92-48-39-77(103(7,8)9)58-85(92)86-59-78(104(10,11)12)40-49-93(86)110)43-45-89(96)108-90-46-44-83(111-94-50-41-79(105(13,14)15)60-87(94)88-61-80(106(16,17)18)42-51-95(88)111)65-97(90)112(99-63-81(107(19,20)21)62-98(109)100(99)108)91-47-38-76(102(4,5)6)57-84(91)72-36-28-34-70(54-72)68-30-24-22-25-31-68/h22-65H,66H2,1-21H3/i39D,40D,41D,42D,48D,49D,50D,51D,58D,59D,60D,61D. The summed E-state index contributed by atoms with van der Waals surface area (Å²) in [6.07, 6.45) is 0. The summed E-state index contributed by atoms with van der Waals surface area (Å²) in [6.45, 7) is 43.1. The maximum Gasteiger partial charge on any atom is 0.252 e. The van der Waals surface area contributed by atoms with Gasteiger partial charge in [0.2, 0.25) is 0 Å². The van der Waals surface area contributed by atoms with Crippen molar-refractivity contribution in [3.8, 4) is 55.9 Å². The Hall–Kier alpha value is -10.9. The number of hydrogen-bond acceptors (Lipinski definition) is 2. The number of rotatable bonds is 9. The van der Waals surface area contributed by atoms with Crippen molar-refractivity contribution < 1.29 is 16.4 Å². The summed E-state index contributed by atoms with van der Waals surface area (Å²) in [4.78, 5) is 4.85. The number of hydrogen-bond donors (Lipinski definition) is 0. The van der Waals surface area contributed by atoms with E-state index in [-0.39, 0.29) is 127 Å². The molecular weight excluding hydrogens is 1350 g/mol. The molecule has 0 bridgehead atoms. The smallest absolute Gasteiger partial charge is 0.252 e. The molecule has 2 aromatic heterocycles. The minimum Gasteiger partial charge on any atom is -0.338 e. The Morgan fingerprint density at radius 3 is 1.13 bits per heavy atom. The van der Waals surface area contributed by atoms with Crippen molar-refractivity contribution in [2.45, 2.75) is 190 Å². The van der Waals surface area contributed by atoms with Crippen LogP contribution < -0.4 is 26.2 Å². The minimum absolute atomic E-state index is 0.000966. The fraction of sp³-hybridized carbons (Fsp3) is 0.271. The molecule has 0 radical (unpaired) electrons. The molecular formula is C107H109BN4. The van der Waals surface area contributed by atoms with Gasteiger partial charge in [-0.1, -0.05) is 291 Å². The van der Waals surface area contributed by atoms with Crippen LogP contribution in [-0.4, -0.2) is 15.8 Å². The largest absolute Gasteiger partial charge is 0.338 e. The van der Waals surface area contributed by atoms with Gasteiger partial charge in [-0.25, -0.2) is 0 Å². The van der Waals surface area contributed by atoms with Gasteiger partial charge in [-0.15, -0.1) is 0 Å². The maximum absolute atomic E-state index is 10.4. The van der Waals surface area contributed by atoms with E-state index in [1.54, 1.807) is 9.13 Å². The molecule has 4 heterocycles. The summed E-state index contributed by atoms with van der Waals surface area (Å²) in [7, 11) is 0. The lowest BCUT2D eigenvalue weighted by Crippen LogP contribution is -2.62. The SMILES string of the molecule is [2H]c1c(C(C)(C)C)c([2H])c2c3c([2H])c(C(C)(C)C)c([2H])c([2H])c3n(-c3ccc4c(c3)N(Cc3cc(-c5ccccc5)cc(-c5cccc(C(C)(C)C)c5)c3)c3cc(C(C)(C)C)cc5c3B4c3ccc(-n4c6c([2H])c([2H])c(C(C)(C)C)c([2H])c6c6c([2H])c(C(C)(C)C)c([2H])c([2H])c64)cc3N5c3ccc(C(C)(C)C)cc3-c3cccc(-c4ccccc4)c3)c2c1[2H]. The zero-order chi connectivity index (χ0) is 89.3. The van der Waals surface area contributed by atoms with Crippen molar-refractivity contribution in [3.05, 3.63) is 311 Å². The lowest BCUT2D eigenvalue weighted by molar-refractivity contribution is 0.590. The third-order valence-electron chi connectivity index (χ3n) is 23.0. The molecule has 2 aliphatic rings. The first-order valence-electron chi connectivity index (χ1n) is 45.8. The normalized spacial score (nSPS) is 15.1. The maximum atomic E-state index is 10.4. The second-order valence-electron chi connectivity index (χ2n) is 38.6. The van der Waals surface area contributed by atoms with E-state index in [0.29, 0.717) is 40.2 Å². The molecule has 2 aliphatic heterocycles. The Bertz CT molecular complexity index is 6850. The lowest BCUT2D eigenvalue weighted by Gasteiger charge is -2.46. The summed E-state index contributed by atoms with van der Waals surface area (Å²) in [5.41, 5.74) is 18.4. The summed E-state index contributed by atoms with van der Waals surface area (Å²) < 4.78 is 126. The highest BCUT2D eigenvalue weighted by Crippen LogP contribution is 2.51. The van der Waals surface area contributed by atoms with Crippen molar-refractivity contribution in [1.82, 2.24) is 9.13 Å². The Labute approximate surface area is 683 Å². The second-order valence-corrected chi connectivity index (χ2v) is 38.6. The third kappa shape index (κ3) is 13.1. The summed E-state index contributed by atoms with van der Waals surface area (Å²) >= 11 is 0. The van der Waals surface area contributed by atoms with Gasteiger partial charge in [0, 0.05) is 67.8 Å². The van der Waals surface area contributed by atoms with Crippen molar-refractivity contribution in [3.63, 3.8) is 0 Å². The Morgan fingerprint density at radius 2 is 0.661 bits per heavy atom. The van der Waals surface area contributed by atoms with E-state index < -0.39 is 33.8 Å². The molecule has 560 valence electrons. The van der Waals surface area contributed by atoms with Gasteiger partial charge in [0.25, 0.3) is 6.71 Å². The van der Waals surface area contributed by atoms with Gasteiger partial charge in [0.1, 0.15) is 0 Å². The number of benzene rings is 13. The van der Waals surface area contributed by atoms with Crippen LogP contribution in [0, 0.1) is 0 Å². The van der Waals surface area contributed by atoms with Crippen LogP contribution >= 0.6 is 0 Å². The van der Waals surface area contributed by atoms with Crippen molar-refractivity contribution in [2.24, 2.45) is 0 Å². The Balaban J connectivity index is 1.05. The summed E-state index contributed by atoms with van der Waals surface area (Å²) in [5.74, 6) is 0. The van der Waals surface area contributed by atoms with Crippen LogP contribution in [0.5, 0.6) is 0 Å². The zero-order valence-electron chi connectivity index (χ0n) is 81.0. The predicted octanol–water partition coefficient (Wildman–Crippen LogP) is 27.6. The molecule has 13 aromatic carbocycles. The highest BCUT2D eigenvalue weighted by Gasteiger charge is 2.45. The quantitative estimate of drug-likeness (QED) is 0.134. The lowest BCUT2D eigenvalue weighted by atomic mass is 9.33. The second kappa shape index (κ2) is 26.4. The molecule has 0 amide bonds. The number of nitrogens with zero attached hydrogens (tertiary/aromatic N) is 4. The Kier molecular flexibility index (Phi) is 14.3. The van der Waals surface area contributed by atoms with Crippen LogP contribution in [0.1, 0.15) is 206 Å². The highest BCUT2D eigenvalue weighted by atomic mass is 15.2. The van der Waals surface area contributed by atoms with Crippen molar-refractivity contribution in [1.29, 1.82) is 0 Å². The first-order chi connectivity index (χ1) is 58.0. The number of aromatic nitrogens is 2. The van der Waals surface area contributed by atoms with Gasteiger partial charge in [-0.3, -0.25) is 0 Å². The molecule has 112 heavy (non-hydrogen) atoms. The third-order valence-corrected chi connectivity index (χ3v) is 23.0. The van der Waals surface area contributed by atoms with Gasteiger partial charge in [0.15, 0.2) is 0 Å². The fourth-order valence-corrected chi connectivity index (χ4v) is 16.4. The summed E-state index contributed by atoms with van der Waals surface area (Å²) in [6, 6.07) is 68.4. The summed E-state index contributed by atoms with van der Waals surface area (Å²) in [5, 5.41) is 1.11. The van der Waals surface area contributed by atoms with Gasteiger partial charge >= 0.3 is 0 Å². The average Bonchev–Trinajstić information content (AvgIpc) is 1.33. The Morgan fingerprint density at radius 1 is 0.277 bits per heavy atom. The van der Waals surface area contributed by atoms with E-state index in [9.17, 15) is 16.4 Å². The van der Waals surface area contributed by atoms with Crippen LogP contribution in [0.3, 0.4) is 0 Å². The monoisotopic (exact) mass is 1470 g/mol. The first kappa shape index (κ1) is 60.8. The molecule has 17 rings (SSSR count). The average molecular weight is 1470 g/mol. The highest BCUT2D eigenvalue weighted by molar-refractivity contribution is 7.00. The first-order valence-corrected chi connectivity index (χ1v) is 39.8. The molecule has 4 nitrogen and oxygen atoms in total. The van der Waals surface area contributed by atoms with Crippen LogP contribution in [0.4, 0.5) is 28.4 Å². The van der Waals surface area contributed by atoms with E-state index in [4.69, 9.17) is 0 Å². The van der Waals surface area contributed by atoms with Gasteiger partial charge in [-0.05, 0) is 259 Å². The molecule has 15 aromatic rings. The minimum atomic E-state index is -0.786. The van der Waals surface area contributed by atoms with Crippen LogP contribution in [0.25, 0.3) is 99.5 Å². The van der Waals surface area contributed by atoms with Gasteiger partial charge < -0.3 is 18.9 Å². The molecule has 0 saturated heterocycles. The van der Waals surface area contributed by atoms with Gasteiger partial charge in [0.05, 0.1) is 44.2 Å². The molecule has 5 heteroatoms. The zero-order valence-corrected chi connectivity index (χ0v) is 69.0. The fourth-order valence-electron chi connectivity index (χ4n) is 16.4. The molecule has 0 saturated carbocycles. The van der Waals surface area contributed by atoms with E-state index in [0.717, 1.165) is 106 Å². The van der Waals surface area contributed by atoms with Crippen LogP contribution in [0.15, 0.2) is 267 Å². The molecule has 0 spiro atoms. The van der Waals surface area contributed by atoms with E-state index in [1.807, 2.05) is 107 Å². The van der Waals surface area contributed by atoms with Crippen LogP contribution in [-0.2, 0) is 44.4 Å². The van der Waals surface area contributed by atoms with E-state index in [2.05, 4.69) is 242 Å². The van der Waals surface area contributed by atoms with Crippen molar-refractivity contribution >= 4 is 95.1 Å². The van der Waals surface area contributed by atoms with Crippen LogP contribution in [0.2, 0.25) is 0 Å². The predicted molar refractivity (Wildman–Crippen MR) is 486 cm³/mol.